The van der Waals surface area contributed by atoms with Crippen molar-refractivity contribution in [1.82, 2.24) is 9.97 Å². The number of nitro groups is 2. The molecule has 0 amide bonds. The van der Waals surface area contributed by atoms with Gasteiger partial charge in [0.05, 0.1) is 49.5 Å². The number of hydrogen-bond donors (Lipinski definition) is 2. The van der Waals surface area contributed by atoms with Crippen molar-refractivity contribution >= 4 is 72.9 Å². The molecule has 0 saturated heterocycles. The number of carbonyl (C=O) groups excluding carboxylic acids is 1. The normalized spacial score (nSPS) is 10.5. The van der Waals surface area contributed by atoms with Gasteiger partial charge in [0.15, 0.2) is 23.0 Å². The summed E-state index contributed by atoms with van der Waals surface area (Å²) in [5.74, 6) is 0.830. The molecule has 0 aliphatic rings. The number of benzene rings is 4. The molecule has 0 radical (unpaired) electrons. The Morgan fingerprint density at radius 3 is 1.74 bits per heavy atom. The van der Waals surface area contributed by atoms with Gasteiger partial charge in [-0.15, -0.1) is 22.7 Å². The summed E-state index contributed by atoms with van der Waals surface area (Å²) in [6, 6.07) is 18.8. The molecule has 0 unspecified atom stereocenters. The lowest BCUT2D eigenvalue weighted by Gasteiger charge is -2.03. The number of aromatic hydroxyl groups is 2. The Bertz CT molecular complexity index is 2110. The van der Waals surface area contributed by atoms with Gasteiger partial charge in [-0.2, -0.15) is 0 Å². The topological polar surface area (TPSA) is 188 Å². The molecule has 0 aliphatic heterocycles. The van der Waals surface area contributed by atoms with Crippen molar-refractivity contribution in [1.29, 1.82) is 0 Å². The Morgan fingerprint density at radius 2 is 1.21 bits per heavy atom. The number of nitrogens with zero attached hydrogens (tertiary/aromatic N) is 4. The molecular weight excluding hydrogens is 649 g/mol. The van der Waals surface area contributed by atoms with E-state index < -0.39 is 9.85 Å². The first-order valence-electron chi connectivity index (χ1n) is 13.4. The number of phenols is 2. The highest BCUT2D eigenvalue weighted by Crippen LogP contribution is 2.30. The van der Waals surface area contributed by atoms with E-state index in [9.17, 15) is 30.1 Å². The SMILES string of the molecule is COc1cc(/C=C/c2nc3cc([N+](=O)[O-])ccc3s2)ccc1O.COc1cc(C=O)ccc1O.Cc1nc2cc([N+](=O)[O-])ccc2s1. The van der Waals surface area contributed by atoms with Crippen LogP contribution >= 0.6 is 22.7 Å². The van der Waals surface area contributed by atoms with Gasteiger partial charge in [0.2, 0.25) is 0 Å². The van der Waals surface area contributed by atoms with Crippen molar-refractivity contribution in [2.75, 3.05) is 14.2 Å². The molecule has 2 heterocycles. The molecule has 0 fully saturated rings. The van der Waals surface area contributed by atoms with Crippen LogP contribution in [0.1, 0.15) is 25.9 Å². The van der Waals surface area contributed by atoms with Crippen molar-refractivity contribution in [2.45, 2.75) is 6.92 Å². The Labute approximate surface area is 274 Å². The van der Waals surface area contributed by atoms with E-state index in [-0.39, 0.29) is 22.9 Å². The first-order valence-corrected chi connectivity index (χ1v) is 15.1. The van der Waals surface area contributed by atoms with Crippen LogP contribution < -0.4 is 9.47 Å². The highest BCUT2D eigenvalue weighted by molar-refractivity contribution is 7.19. The Kier molecular flexibility index (Phi) is 11.1. The van der Waals surface area contributed by atoms with Crippen molar-refractivity contribution in [2.24, 2.45) is 0 Å². The predicted molar refractivity (Wildman–Crippen MR) is 181 cm³/mol. The van der Waals surface area contributed by atoms with Crippen molar-refractivity contribution in [3.05, 3.63) is 114 Å². The van der Waals surface area contributed by atoms with E-state index in [0.717, 1.165) is 25.0 Å². The van der Waals surface area contributed by atoms with Crippen LogP contribution in [0.15, 0.2) is 72.8 Å². The molecular formula is C32H26N4O9S2. The Morgan fingerprint density at radius 1 is 0.702 bits per heavy atom. The molecule has 2 N–H and O–H groups in total. The summed E-state index contributed by atoms with van der Waals surface area (Å²) in [4.78, 5) is 39.2. The number of methoxy groups -OCH3 is 2. The van der Waals surface area contributed by atoms with Crippen LogP contribution in [0.3, 0.4) is 0 Å². The number of hydrogen-bond acceptors (Lipinski definition) is 13. The average Bonchev–Trinajstić information content (AvgIpc) is 3.66. The maximum absolute atomic E-state index is 10.8. The van der Waals surface area contributed by atoms with Crippen LogP contribution in [0.5, 0.6) is 23.0 Å². The first-order chi connectivity index (χ1) is 22.5. The third kappa shape index (κ3) is 8.84. The number of rotatable bonds is 7. The molecule has 6 rings (SSSR count). The average molecular weight is 675 g/mol. The van der Waals surface area contributed by atoms with E-state index in [1.807, 2.05) is 19.1 Å². The second kappa shape index (κ2) is 15.4. The molecule has 0 bridgehead atoms. The van der Waals surface area contributed by atoms with E-state index in [4.69, 9.17) is 14.6 Å². The third-order valence-corrected chi connectivity index (χ3v) is 8.20. The molecule has 47 heavy (non-hydrogen) atoms. The van der Waals surface area contributed by atoms with Crippen LogP contribution in [0.4, 0.5) is 11.4 Å². The molecule has 6 aromatic rings. The zero-order chi connectivity index (χ0) is 34.1. The number of phenolic OH excluding ortho intramolecular Hbond substituents is 2. The number of aldehydes is 1. The Balaban J connectivity index is 0.000000176. The van der Waals surface area contributed by atoms with Crippen LogP contribution in [0, 0.1) is 27.2 Å². The fourth-order valence-corrected chi connectivity index (χ4v) is 5.65. The van der Waals surface area contributed by atoms with E-state index in [1.54, 1.807) is 30.3 Å². The van der Waals surface area contributed by atoms with Crippen molar-refractivity contribution in [3.8, 4) is 23.0 Å². The van der Waals surface area contributed by atoms with E-state index in [0.29, 0.717) is 34.4 Å². The van der Waals surface area contributed by atoms with E-state index in [1.165, 1.54) is 79.4 Å². The summed E-state index contributed by atoms with van der Waals surface area (Å²) in [6.07, 6.45) is 4.36. The predicted octanol–water partition coefficient (Wildman–Crippen LogP) is 7.82. The number of non-ortho nitro benzene ring substituents is 2. The third-order valence-electron chi connectivity index (χ3n) is 6.25. The number of carbonyl (C=O) groups is 1. The van der Waals surface area contributed by atoms with Gasteiger partial charge in [-0.05, 0) is 61.0 Å². The molecule has 13 nitrogen and oxygen atoms in total. The quantitative estimate of drug-likeness (QED) is 0.0954. The summed E-state index contributed by atoms with van der Waals surface area (Å²) in [5, 5.41) is 41.5. The smallest absolute Gasteiger partial charge is 0.271 e. The second-order valence-electron chi connectivity index (χ2n) is 9.42. The number of ether oxygens (including phenoxy) is 2. The second-order valence-corrected chi connectivity index (χ2v) is 11.7. The number of nitro benzene ring substituents is 2. The summed E-state index contributed by atoms with van der Waals surface area (Å²) in [7, 11) is 2.92. The van der Waals surface area contributed by atoms with Gasteiger partial charge < -0.3 is 19.7 Å². The molecule has 0 aliphatic carbocycles. The molecule has 2 aromatic heterocycles. The lowest BCUT2D eigenvalue weighted by molar-refractivity contribution is -0.384. The molecule has 15 heteroatoms. The van der Waals surface area contributed by atoms with Crippen LogP contribution in [0.25, 0.3) is 32.6 Å². The molecule has 4 aromatic carbocycles. The maximum atomic E-state index is 10.8. The Hall–Kier alpha value is -5.93. The first kappa shape index (κ1) is 34.0. The molecule has 0 atom stereocenters. The fourth-order valence-electron chi connectivity index (χ4n) is 4.00. The highest BCUT2D eigenvalue weighted by Gasteiger charge is 2.10. The van der Waals surface area contributed by atoms with Crippen LogP contribution in [-0.2, 0) is 0 Å². The van der Waals surface area contributed by atoms with Crippen LogP contribution in [0.2, 0.25) is 0 Å². The monoisotopic (exact) mass is 674 g/mol. The van der Waals surface area contributed by atoms with Gasteiger partial charge in [0.1, 0.15) is 11.3 Å². The van der Waals surface area contributed by atoms with Crippen molar-refractivity contribution < 1.29 is 34.3 Å². The maximum Gasteiger partial charge on any atom is 0.271 e. The van der Waals surface area contributed by atoms with Gasteiger partial charge in [-0.1, -0.05) is 12.1 Å². The lowest BCUT2D eigenvalue weighted by atomic mass is 10.2. The van der Waals surface area contributed by atoms with Crippen LogP contribution in [-0.4, -0.2) is 50.5 Å². The van der Waals surface area contributed by atoms with Gasteiger partial charge in [0.25, 0.3) is 11.4 Å². The highest BCUT2D eigenvalue weighted by atomic mass is 32.1. The minimum absolute atomic E-state index is 0.0293. The van der Waals surface area contributed by atoms with Gasteiger partial charge in [-0.3, -0.25) is 25.0 Å². The molecule has 240 valence electrons. The van der Waals surface area contributed by atoms with Gasteiger partial charge >= 0.3 is 0 Å². The summed E-state index contributed by atoms with van der Waals surface area (Å²) in [6.45, 7) is 1.89. The lowest BCUT2D eigenvalue weighted by Crippen LogP contribution is -1.86. The zero-order valence-corrected chi connectivity index (χ0v) is 26.7. The minimum Gasteiger partial charge on any atom is -0.504 e. The fraction of sp³-hybridized carbons (Fsp3) is 0.0938. The largest absolute Gasteiger partial charge is 0.504 e. The summed E-state index contributed by atoms with van der Waals surface area (Å²) < 4.78 is 11.7. The van der Waals surface area contributed by atoms with Gasteiger partial charge in [0, 0.05) is 29.8 Å². The molecule has 0 saturated carbocycles. The number of aryl methyl sites for hydroxylation is 1. The minimum atomic E-state index is -0.434. The molecule has 0 spiro atoms. The number of fused-ring (bicyclic) bond motifs is 2. The summed E-state index contributed by atoms with van der Waals surface area (Å²) in [5.41, 5.74) is 2.77. The zero-order valence-electron chi connectivity index (χ0n) is 25.0. The standard InChI is InChI=1S/C16H12N2O4S.C8H6N2O2S.C8H8O3/c1-22-14-8-10(2-5-13(14)19)3-7-16-17-12-9-11(18(20)21)4-6-15(12)23-16;1-5-9-7-4-6(10(11)12)2-3-8(7)13-5;1-11-8-4-6(5-9)2-3-7(8)10/h2-9,19H,1H3;2-4H,1H3;2-5,10H,1H3/b7-3+;;. The van der Waals surface area contributed by atoms with Gasteiger partial charge in [-0.25, -0.2) is 9.97 Å². The van der Waals surface area contributed by atoms with E-state index in [2.05, 4.69) is 9.97 Å². The number of aromatic nitrogens is 2. The number of thiazole rings is 2. The van der Waals surface area contributed by atoms with Crippen molar-refractivity contribution in [3.63, 3.8) is 0 Å². The summed E-state index contributed by atoms with van der Waals surface area (Å²) >= 11 is 2.99. The van der Waals surface area contributed by atoms with E-state index >= 15 is 0 Å².